The van der Waals surface area contributed by atoms with Crippen molar-refractivity contribution in [3.63, 3.8) is 0 Å². The van der Waals surface area contributed by atoms with Gasteiger partial charge in [0.2, 0.25) is 0 Å². The molecule has 0 atom stereocenters. The second-order valence-corrected chi connectivity index (χ2v) is 8.00. The van der Waals surface area contributed by atoms with Crippen molar-refractivity contribution in [2.45, 2.75) is 4.90 Å². The first-order chi connectivity index (χ1) is 13.8. The van der Waals surface area contributed by atoms with Crippen molar-refractivity contribution >= 4 is 38.9 Å². The Balaban J connectivity index is 1.84. The number of nitrogens with one attached hydrogen (secondary N) is 2. The van der Waals surface area contributed by atoms with Crippen molar-refractivity contribution in [2.75, 3.05) is 17.1 Å². The highest BCUT2D eigenvalue weighted by Crippen LogP contribution is 2.25. The zero-order valence-corrected chi connectivity index (χ0v) is 16.7. The van der Waals surface area contributed by atoms with Crippen molar-refractivity contribution in [3.05, 3.63) is 83.1 Å². The first-order valence-corrected chi connectivity index (χ1v) is 10.2. The summed E-state index contributed by atoms with van der Waals surface area (Å²) in [6.07, 6.45) is 0. The van der Waals surface area contributed by atoms with Gasteiger partial charge in [-0.1, -0.05) is 23.7 Å². The Labute approximate surface area is 172 Å². The predicted molar refractivity (Wildman–Crippen MR) is 110 cm³/mol. The highest BCUT2D eigenvalue weighted by Gasteiger charge is 2.18. The van der Waals surface area contributed by atoms with Gasteiger partial charge in [-0.3, -0.25) is 9.52 Å². The summed E-state index contributed by atoms with van der Waals surface area (Å²) >= 11 is 6.07. The number of halogens is 2. The third kappa shape index (κ3) is 4.85. The molecule has 0 saturated heterocycles. The zero-order valence-electron chi connectivity index (χ0n) is 15.1. The van der Waals surface area contributed by atoms with E-state index in [0.29, 0.717) is 5.75 Å². The van der Waals surface area contributed by atoms with Crippen LogP contribution in [0.25, 0.3) is 0 Å². The van der Waals surface area contributed by atoms with Crippen LogP contribution in [-0.4, -0.2) is 21.4 Å². The number of ether oxygens (including phenoxy) is 1. The van der Waals surface area contributed by atoms with E-state index in [2.05, 4.69) is 10.0 Å². The molecule has 0 unspecified atom stereocenters. The van der Waals surface area contributed by atoms with Crippen LogP contribution in [0.5, 0.6) is 5.75 Å². The molecule has 3 aromatic rings. The van der Waals surface area contributed by atoms with E-state index in [4.69, 9.17) is 16.3 Å². The monoisotopic (exact) mass is 434 g/mol. The number of hydrogen-bond donors (Lipinski definition) is 2. The predicted octanol–water partition coefficient (Wildman–Crippen LogP) is 4.54. The SMILES string of the molecule is COc1ccc(S(=O)(=O)Nc2ccc(Cl)c(C(=O)Nc3ccccc3F)c2)cc1. The smallest absolute Gasteiger partial charge is 0.261 e. The maximum absolute atomic E-state index is 13.8. The molecule has 1 amide bonds. The van der Waals surface area contributed by atoms with Crippen LogP contribution < -0.4 is 14.8 Å². The summed E-state index contributed by atoms with van der Waals surface area (Å²) in [4.78, 5) is 12.5. The van der Waals surface area contributed by atoms with E-state index in [-0.39, 0.29) is 26.9 Å². The average Bonchev–Trinajstić information content (AvgIpc) is 2.71. The molecule has 3 aromatic carbocycles. The third-order valence-corrected chi connectivity index (χ3v) is 5.68. The maximum atomic E-state index is 13.8. The van der Waals surface area contributed by atoms with E-state index in [1.807, 2.05) is 0 Å². The van der Waals surface area contributed by atoms with Gasteiger partial charge in [0.15, 0.2) is 0 Å². The second-order valence-electron chi connectivity index (χ2n) is 5.91. The van der Waals surface area contributed by atoms with Crippen LogP contribution in [0.15, 0.2) is 71.6 Å². The fourth-order valence-electron chi connectivity index (χ4n) is 2.48. The molecule has 150 valence electrons. The zero-order chi connectivity index (χ0) is 21.0. The highest BCUT2D eigenvalue weighted by molar-refractivity contribution is 7.92. The Morgan fingerprint density at radius 3 is 2.38 bits per heavy atom. The van der Waals surface area contributed by atoms with Gasteiger partial charge in [0.1, 0.15) is 11.6 Å². The summed E-state index contributed by atoms with van der Waals surface area (Å²) < 4.78 is 46.3. The molecule has 0 saturated carbocycles. The fraction of sp³-hybridized carbons (Fsp3) is 0.0500. The molecule has 0 aliphatic carbocycles. The van der Waals surface area contributed by atoms with Crippen LogP contribution >= 0.6 is 11.6 Å². The molecule has 9 heteroatoms. The van der Waals surface area contributed by atoms with Gasteiger partial charge >= 0.3 is 0 Å². The number of anilines is 2. The summed E-state index contributed by atoms with van der Waals surface area (Å²) in [6.45, 7) is 0. The molecule has 0 heterocycles. The highest BCUT2D eigenvalue weighted by atomic mass is 35.5. The number of carbonyl (C=O) groups excluding carboxylic acids is 1. The molecule has 29 heavy (non-hydrogen) atoms. The minimum absolute atomic E-state index is 0.00940. The van der Waals surface area contributed by atoms with E-state index < -0.39 is 21.7 Å². The van der Waals surface area contributed by atoms with Gasteiger partial charge in [0, 0.05) is 5.69 Å². The lowest BCUT2D eigenvalue weighted by atomic mass is 10.2. The molecule has 2 N–H and O–H groups in total. The third-order valence-electron chi connectivity index (χ3n) is 3.95. The van der Waals surface area contributed by atoms with Gasteiger partial charge in [-0.15, -0.1) is 0 Å². The fourth-order valence-corrected chi connectivity index (χ4v) is 3.74. The summed E-state index contributed by atoms with van der Waals surface area (Å²) in [7, 11) is -2.42. The second kappa shape index (κ2) is 8.50. The number of hydrogen-bond acceptors (Lipinski definition) is 4. The van der Waals surface area contributed by atoms with E-state index in [9.17, 15) is 17.6 Å². The van der Waals surface area contributed by atoms with Crippen molar-refractivity contribution in [2.24, 2.45) is 0 Å². The Kier molecular flexibility index (Phi) is 6.05. The average molecular weight is 435 g/mol. The molecule has 0 fully saturated rings. The van der Waals surface area contributed by atoms with E-state index >= 15 is 0 Å². The summed E-state index contributed by atoms with van der Waals surface area (Å²) in [5.74, 6) is -0.763. The van der Waals surface area contributed by atoms with Gasteiger partial charge in [-0.2, -0.15) is 0 Å². The molecule has 0 bridgehead atoms. The number of benzene rings is 3. The lowest BCUT2D eigenvalue weighted by Crippen LogP contribution is -2.16. The minimum atomic E-state index is -3.90. The molecule has 0 radical (unpaired) electrons. The largest absolute Gasteiger partial charge is 0.497 e. The van der Waals surface area contributed by atoms with Crippen molar-refractivity contribution in [1.29, 1.82) is 0 Å². The van der Waals surface area contributed by atoms with Crippen LogP contribution in [0.2, 0.25) is 5.02 Å². The molecule has 6 nitrogen and oxygen atoms in total. The van der Waals surface area contributed by atoms with Crippen LogP contribution in [0, 0.1) is 5.82 Å². The van der Waals surface area contributed by atoms with Crippen molar-refractivity contribution < 1.29 is 22.3 Å². The Morgan fingerprint density at radius 2 is 1.72 bits per heavy atom. The number of rotatable bonds is 6. The summed E-state index contributed by atoms with van der Waals surface area (Å²) in [5, 5.41) is 2.50. The quantitative estimate of drug-likeness (QED) is 0.596. The molecule has 0 aromatic heterocycles. The van der Waals surface area contributed by atoms with Crippen molar-refractivity contribution in [3.8, 4) is 5.75 Å². The van der Waals surface area contributed by atoms with Gasteiger partial charge in [0.25, 0.3) is 15.9 Å². The summed E-state index contributed by atoms with van der Waals surface area (Å²) in [6, 6.07) is 15.6. The number of sulfonamides is 1. The van der Waals surface area contributed by atoms with E-state index in [1.165, 1.54) is 67.8 Å². The lowest BCUT2D eigenvalue weighted by Gasteiger charge is -2.12. The molecule has 0 aliphatic rings. The molecular formula is C20H16ClFN2O4S. The Morgan fingerprint density at radius 1 is 1.03 bits per heavy atom. The first-order valence-electron chi connectivity index (χ1n) is 8.32. The van der Waals surface area contributed by atoms with Gasteiger partial charge in [-0.25, -0.2) is 12.8 Å². The van der Waals surface area contributed by atoms with Gasteiger partial charge in [0.05, 0.1) is 28.3 Å². The number of methoxy groups -OCH3 is 1. The summed E-state index contributed by atoms with van der Waals surface area (Å²) in [5.41, 5.74) is 0.103. The van der Waals surface area contributed by atoms with Crippen LogP contribution in [0.1, 0.15) is 10.4 Å². The van der Waals surface area contributed by atoms with E-state index in [0.717, 1.165) is 0 Å². The molecular weight excluding hydrogens is 419 g/mol. The molecule has 3 rings (SSSR count). The van der Waals surface area contributed by atoms with Gasteiger partial charge in [-0.05, 0) is 54.6 Å². The number of carbonyl (C=O) groups is 1. The van der Waals surface area contributed by atoms with Crippen LogP contribution in [0.3, 0.4) is 0 Å². The normalized spacial score (nSPS) is 11.0. The Bertz CT molecular complexity index is 1150. The maximum Gasteiger partial charge on any atom is 0.261 e. The topological polar surface area (TPSA) is 84.5 Å². The van der Waals surface area contributed by atoms with E-state index in [1.54, 1.807) is 6.07 Å². The first kappa shape index (κ1) is 20.6. The number of para-hydroxylation sites is 1. The van der Waals surface area contributed by atoms with Crippen molar-refractivity contribution in [1.82, 2.24) is 0 Å². The molecule has 0 spiro atoms. The van der Waals surface area contributed by atoms with Crippen LogP contribution in [-0.2, 0) is 10.0 Å². The Hall–Kier alpha value is -3.10. The lowest BCUT2D eigenvalue weighted by molar-refractivity contribution is 0.102. The minimum Gasteiger partial charge on any atom is -0.497 e. The number of amides is 1. The standard InChI is InChI=1S/C20H16ClFN2O4S/c1-28-14-7-9-15(10-8-14)29(26,27)24-13-6-11-17(21)16(12-13)20(25)23-19-5-3-2-4-18(19)22/h2-12,24H,1H3,(H,23,25). The molecule has 0 aliphatic heterocycles. The van der Waals surface area contributed by atoms with Crippen LogP contribution in [0.4, 0.5) is 15.8 Å². The van der Waals surface area contributed by atoms with Gasteiger partial charge < -0.3 is 10.1 Å².